The Bertz CT molecular complexity index is 382. The van der Waals surface area contributed by atoms with Gasteiger partial charge >= 0.3 is 6.09 Å². The standard InChI is InChI=1S/C14H19NO5/c16-7-9-19-11-10-18-8-6-15-14(17)20-12-13-4-2-1-3-5-13/h1-5,7H,6,8-12H2,(H,15,17). The molecule has 6 heteroatoms. The van der Waals surface area contributed by atoms with Crippen LogP contribution in [0, 0.1) is 0 Å². The van der Waals surface area contributed by atoms with E-state index in [2.05, 4.69) is 5.32 Å². The first-order valence-electron chi connectivity index (χ1n) is 6.36. The van der Waals surface area contributed by atoms with Crippen molar-refractivity contribution in [3.63, 3.8) is 0 Å². The van der Waals surface area contributed by atoms with Crippen molar-refractivity contribution in [2.75, 3.05) is 33.0 Å². The molecule has 0 unspecified atom stereocenters. The number of carbonyl (C=O) groups excluding carboxylic acids is 2. The van der Waals surface area contributed by atoms with Gasteiger partial charge in [0.1, 0.15) is 19.5 Å². The SMILES string of the molecule is O=CCOCCOCCNC(=O)OCc1ccccc1. The predicted molar refractivity (Wildman–Crippen MR) is 72.3 cm³/mol. The fourth-order valence-electron chi connectivity index (χ4n) is 1.35. The second-order valence-corrected chi connectivity index (χ2v) is 3.84. The molecule has 0 radical (unpaired) electrons. The Morgan fingerprint density at radius 1 is 1.10 bits per heavy atom. The number of amides is 1. The summed E-state index contributed by atoms with van der Waals surface area (Å²) < 4.78 is 15.1. The van der Waals surface area contributed by atoms with Crippen molar-refractivity contribution in [2.45, 2.75) is 6.61 Å². The van der Waals surface area contributed by atoms with E-state index in [9.17, 15) is 9.59 Å². The summed E-state index contributed by atoms with van der Waals surface area (Å²) in [7, 11) is 0. The molecule has 0 aliphatic carbocycles. The van der Waals surface area contributed by atoms with Gasteiger partial charge in [-0.15, -0.1) is 0 Å². The number of ether oxygens (including phenoxy) is 3. The third kappa shape index (κ3) is 8.23. The summed E-state index contributed by atoms with van der Waals surface area (Å²) >= 11 is 0. The molecule has 0 aliphatic heterocycles. The lowest BCUT2D eigenvalue weighted by Gasteiger charge is -2.07. The maximum Gasteiger partial charge on any atom is 0.407 e. The van der Waals surface area contributed by atoms with Crippen molar-refractivity contribution < 1.29 is 23.8 Å². The van der Waals surface area contributed by atoms with Gasteiger partial charge in [-0.1, -0.05) is 30.3 Å². The summed E-state index contributed by atoms with van der Waals surface area (Å²) in [5, 5.41) is 2.57. The van der Waals surface area contributed by atoms with Gasteiger partial charge in [0.05, 0.1) is 19.8 Å². The Hall–Kier alpha value is -1.92. The highest BCUT2D eigenvalue weighted by Gasteiger charge is 2.01. The number of hydrogen-bond donors (Lipinski definition) is 1. The zero-order valence-electron chi connectivity index (χ0n) is 11.2. The quantitative estimate of drug-likeness (QED) is 0.514. The highest BCUT2D eigenvalue weighted by Crippen LogP contribution is 2.00. The Kier molecular flexibility index (Phi) is 8.84. The van der Waals surface area contributed by atoms with Gasteiger partial charge in [-0.3, -0.25) is 0 Å². The molecule has 0 aromatic heterocycles. The summed E-state index contributed by atoms with van der Waals surface area (Å²) in [4.78, 5) is 21.3. The number of nitrogens with one attached hydrogen (secondary N) is 1. The molecule has 1 amide bonds. The minimum atomic E-state index is -0.477. The van der Waals surface area contributed by atoms with Crippen LogP contribution in [0.15, 0.2) is 30.3 Å². The van der Waals surface area contributed by atoms with Crippen LogP contribution in [0.4, 0.5) is 4.79 Å². The van der Waals surface area contributed by atoms with E-state index < -0.39 is 6.09 Å². The average Bonchev–Trinajstić information content (AvgIpc) is 2.49. The van der Waals surface area contributed by atoms with Gasteiger partial charge in [0.2, 0.25) is 0 Å². The molecule has 1 rings (SSSR count). The van der Waals surface area contributed by atoms with Gasteiger partial charge < -0.3 is 24.3 Å². The van der Waals surface area contributed by atoms with Crippen molar-refractivity contribution in [2.24, 2.45) is 0 Å². The largest absolute Gasteiger partial charge is 0.445 e. The lowest BCUT2D eigenvalue weighted by Crippen LogP contribution is -2.28. The second kappa shape index (κ2) is 11.0. The third-order valence-corrected chi connectivity index (χ3v) is 2.29. The Morgan fingerprint density at radius 3 is 2.60 bits per heavy atom. The Morgan fingerprint density at radius 2 is 1.85 bits per heavy atom. The smallest absolute Gasteiger partial charge is 0.407 e. The molecular formula is C14H19NO5. The number of carbonyl (C=O) groups is 2. The molecule has 0 saturated carbocycles. The molecule has 0 fully saturated rings. The first kappa shape index (κ1) is 16.1. The minimum absolute atomic E-state index is 0.0768. The maximum atomic E-state index is 11.3. The molecule has 0 aliphatic rings. The van der Waals surface area contributed by atoms with E-state index in [0.717, 1.165) is 5.56 Å². The summed E-state index contributed by atoms with van der Waals surface area (Å²) in [5.74, 6) is 0. The molecule has 110 valence electrons. The van der Waals surface area contributed by atoms with Crippen molar-refractivity contribution in [1.82, 2.24) is 5.32 Å². The van der Waals surface area contributed by atoms with Gasteiger partial charge in [-0.2, -0.15) is 0 Å². The Balaban J connectivity index is 1.94. The fraction of sp³-hybridized carbons (Fsp3) is 0.429. The summed E-state index contributed by atoms with van der Waals surface area (Å²) in [6.07, 6.45) is 0.208. The van der Waals surface area contributed by atoms with Gasteiger partial charge in [0.15, 0.2) is 0 Å². The molecule has 20 heavy (non-hydrogen) atoms. The van der Waals surface area contributed by atoms with Crippen LogP contribution in [0.1, 0.15) is 5.56 Å². The van der Waals surface area contributed by atoms with Gasteiger partial charge in [0, 0.05) is 6.54 Å². The topological polar surface area (TPSA) is 73.9 Å². The van der Waals surface area contributed by atoms with Crippen LogP contribution in [0.25, 0.3) is 0 Å². The van der Waals surface area contributed by atoms with Gasteiger partial charge in [-0.25, -0.2) is 4.79 Å². The van der Waals surface area contributed by atoms with E-state index in [-0.39, 0.29) is 13.2 Å². The normalized spacial score (nSPS) is 10.0. The highest BCUT2D eigenvalue weighted by atomic mass is 16.5. The van der Waals surface area contributed by atoms with Crippen LogP contribution in [-0.2, 0) is 25.6 Å². The zero-order chi connectivity index (χ0) is 14.5. The molecule has 0 atom stereocenters. The van der Waals surface area contributed by atoms with E-state index >= 15 is 0 Å². The summed E-state index contributed by atoms with van der Waals surface area (Å²) in [6.45, 7) is 1.79. The monoisotopic (exact) mass is 281 g/mol. The first-order chi connectivity index (χ1) is 9.83. The molecule has 0 heterocycles. The molecular weight excluding hydrogens is 262 g/mol. The number of aldehydes is 1. The van der Waals surface area contributed by atoms with Crippen molar-refractivity contribution >= 4 is 12.4 Å². The second-order valence-electron chi connectivity index (χ2n) is 3.84. The molecule has 1 N–H and O–H groups in total. The van der Waals surface area contributed by atoms with Crippen LogP contribution >= 0.6 is 0 Å². The third-order valence-electron chi connectivity index (χ3n) is 2.29. The lowest BCUT2D eigenvalue weighted by atomic mass is 10.2. The summed E-state index contributed by atoms with van der Waals surface area (Å²) in [5.41, 5.74) is 0.936. The minimum Gasteiger partial charge on any atom is -0.445 e. The molecule has 1 aromatic carbocycles. The average molecular weight is 281 g/mol. The van der Waals surface area contributed by atoms with Crippen molar-refractivity contribution in [1.29, 1.82) is 0 Å². The van der Waals surface area contributed by atoms with E-state index in [1.165, 1.54) is 0 Å². The number of benzene rings is 1. The van der Waals surface area contributed by atoms with Crippen LogP contribution in [0.5, 0.6) is 0 Å². The first-order valence-corrected chi connectivity index (χ1v) is 6.36. The lowest BCUT2D eigenvalue weighted by molar-refractivity contribution is -0.112. The summed E-state index contributed by atoms with van der Waals surface area (Å²) in [6, 6.07) is 9.44. The number of hydrogen-bond acceptors (Lipinski definition) is 5. The van der Waals surface area contributed by atoms with Crippen LogP contribution in [-0.4, -0.2) is 45.4 Å². The number of rotatable bonds is 10. The van der Waals surface area contributed by atoms with E-state index in [0.29, 0.717) is 32.7 Å². The van der Waals surface area contributed by atoms with E-state index in [1.807, 2.05) is 30.3 Å². The van der Waals surface area contributed by atoms with E-state index in [1.54, 1.807) is 0 Å². The van der Waals surface area contributed by atoms with Crippen LogP contribution < -0.4 is 5.32 Å². The highest BCUT2D eigenvalue weighted by molar-refractivity contribution is 5.67. The molecule has 1 aromatic rings. The molecule has 0 bridgehead atoms. The molecule has 6 nitrogen and oxygen atoms in total. The predicted octanol–water partition coefficient (Wildman–Crippen LogP) is 1.14. The molecule has 0 spiro atoms. The zero-order valence-corrected chi connectivity index (χ0v) is 11.2. The Labute approximate surface area is 118 Å². The van der Waals surface area contributed by atoms with E-state index in [4.69, 9.17) is 14.2 Å². The number of alkyl carbamates (subject to hydrolysis) is 1. The van der Waals surface area contributed by atoms with Crippen LogP contribution in [0.3, 0.4) is 0 Å². The van der Waals surface area contributed by atoms with Gasteiger partial charge in [0.25, 0.3) is 0 Å². The van der Waals surface area contributed by atoms with Crippen molar-refractivity contribution in [3.8, 4) is 0 Å². The van der Waals surface area contributed by atoms with Crippen LogP contribution in [0.2, 0.25) is 0 Å². The van der Waals surface area contributed by atoms with Gasteiger partial charge in [-0.05, 0) is 5.56 Å². The molecule has 0 saturated heterocycles. The maximum absolute atomic E-state index is 11.3. The fourth-order valence-corrected chi connectivity index (χ4v) is 1.35. The van der Waals surface area contributed by atoms with Crippen molar-refractivity contribution in [3.05, 3.63) is 35.9 Å².